The molecule has 4 nitrogen and oxygen atoms in total. The van der Waals surface area contributed by atoms with Crippen molar-refractivity contribution in [2.24, 2.45) is 5.92 Å². The number of Topliss-reactive ketones (excluding diaryl/α,β-unsaturated/α-hetero) is 1. The van der Waals surface area contributed by atoms with Crippen LogP contribution >= 0.6 is 11.8 Å². The van der Waals surface area contributed by atoms with E-state index in [2.05, 4.69) is 13.0 Å². The molecule has 2 unspecified atom stereocenters. The minimum absolute atomic E-state index is 0.0951. The lowest BCUT2D eigenvalue weighted by Crippen LogP contribution is -2.26. The lowest BCUT2D eigenvalue weighted by molar-refractivity contribution is -0.120. The molecule has 0 aromatic carbocycles. The number of rotatable bonds is 4. The second-order valence-electron chi connectivity index (χ2n) is 7.09. The molecule has 5 heteroatoms. The third-order valence-corrected chi connectivity index (χ3v) is 6.27. The Kier molecular flexibility index (Phi) is 4.39. The molecule has 2 fully saturated rings. The Hall–Kier alpha value is -2.06. The van der Waals surface area contributed by atoms with Crippen molar-refractivity contribution in [3.05, 3.63) is 35.7 Å². The van der Waals surface area contributed by atoms with Crippen molar-refractivity contribution in [3.63, 3.8) is 0 Å². The number of carbonyl (C=O) groups is 1. The minimum Gasteiger partial charge on any atom is -0.464 e. The fourth-order valence-corrected chi connectivity index (χ4v) is 4.74. The van der Waals surface area contributed by atoms with Gasteiger partial charge in [-0.15, -0.1) is 0 Å². The molecule has 0 N–H and O–H groups in total. The minimum atomic E-state index is -0.0951. The van der Waals surface area contributed by atoms with E-state index in [1.54, 1.807) is 6.26 Å². The van der Waals surface area contributed by atoms with Gasteiger partial charge in [0, 0.05) is 23.6 Å². The van der Waals surface area contributed by atoms with E-state index in [0.29, 0.717) is 34.6 Å². The molecular formula is C20H20N2O2S. The number of furan rings is 1. The van der Waals surface area contributed by atoms with E-state index in [4.69, 9.17) is 9.40 Å². The number of nitriles is 1. The van der Waals surface area contributed by atoms with Crippen molar-refractivity contribution in [2.75, 3.05) is 0 Å². The van der Waals surface area contributed by atoms with Crippen molar-refractivity contribution in [1.82, 2.24) is 4.98 Å². The molecule has 2 saturated carbocycles. The number of hydrogen-bond acceptors (Lipinski definition) is 5. The topological polar surface area (TPSA) is 66.9 Å². The summed E-state index contributed by atoms with van der Waals surface area (Å²) in [6.45, 7) is 2.19. The lowest BCUT2D eigenvalue weighted by atomic mass is 9.90. The van der Waals surface area contributed by atoms with Crippen LogP contribution in [0.3, 0.4) is 0 Å². The van der Waals surface area contributed by atoms with E-state index >= 15 is 0 Å². The summed E-state index contributed by atoms with van der Waals surface area (Å²) in [4.78, 5) is 17.1. The number of nitrogens with zero attached hydrogens (tertiary/aromatic N) is 2. The van der Waals surface area contributed by atoms with Crippen LogP contribution in [0.2, 0.25) is 0 Å². The van der Waals surface area contributed by atoms with Crippen LogP contribution < -0.4 is 0 Å². The van der Waals surface area contributed by atoms with Gasteiger partial charge in [0.25, 0.3) is 0 Å². The van der Waals surface area contributed by atoms with E-state index in [-0.39, 0.29) is 11.0 Å². The van der Waals surface area contributed by atoms with E-state index in [9.17, 15) is 10.1 Å². The molecule has 0 spiro atoms. The first kappa shape index (κ1) is 16.4. The molecule has 0 amide bonds. The molecule has 0 aliphatic heterocycles. The maximum Gasteiger partial charge on any atom is 0.146 e. The van der Waals surface area contributed by atoms with Crippen LogP contribution in [0.15, 0.2) is 33.9 Å². The maximum atomic E-state index is 12.3. The highest BCUT2D eigenvalue weighted by molar-refractivity contribution is 8.00. The van der Waals surface area contributed by atoms with Crippen LogP contribution in [-0.4, -0.2) is 16.0 Å². The summed E-state index contributed by atoms with van der Waals surface area (Å²) in [5.74, 6) is 1.98. The Morgan fingerprint density at radius 2 is 2.20 bits per heavy atom. The predicted octanol–water partition coefficient (Wildman–Crippen LogP) is 4.94. The third kappa shape index (κ3) is 3.36. The highest BCUT2D eigenvalue weighted by Crippen LogP contribution is 2.44. The van der Waals surface area contributed by atoms with Gasteiger partial charge in [0.1, 0.15) is 22.6 Å². The molecule has 2 atom stereocenters. The normalized spacial score (nSPS) is 23.4. The first-order chi connectivity index (χ1) is 12.2. The predicted molar refractivity (Wildman–Crippen MR) is 96.3 cm³/mol. The highest BCUT2D eigenvalue weighted by atomic mass is 32.2. The SMILES string of the molecule is CC1CCC(=O)C(Sc2nc(C3CC3)cc(-c3ccco3)c2C#N)C1. The molecule has 0 saturated heterocycles. The first-order valence-corrected chi connectivity index (χ1v) is 9.72. The molecule has 2 aliphatic rings. The standard InChI is InChI=1S/C20H20N2O2S/c1-12-4-7-17(23)19(9-12)25-20-15(11-21)14(18-3-2-8-24-18)10-16(22-20)13-5-6-13/h2-3,8,10,12-13,19H,4-7,9H2,1H3. The van der Waals surface area contributed by atoms with Gasteiger partial charge >= 0.3 is 0 Å². The molecule has 4 rings (SSSR count). The number of thioether (sulfide) groups is 1. The van der Waals surface area contributed by atoms with Gasteiger partial charge in [0.05, 0.1) is 17.1 Å². The van der Waals surface area contributed by atoms with E-state index in [0.717, 1.165) is 36.9 Å². The fraction of sp³-hybridized carbons (Fsp3) is 0.450. The number of hydrogen-bond donors (Lipinski definition) is 0. The summed E-state index contributed by atoms with van der Waals surface area (Å²) in [6, 6.07) is 7.99. The van der Waals surface area contributed by atoms with Crippen molar-refractivity contribution in [2.45, 2.75) is 55.2 Å². The maximum absolute atomic E-state index is 12.3. The zero-order valence-corrected chi connectivity index (χ0v) is 15.0. The van der Waals surface area contributed by atoms with Crippen molar-refractivity contribution in [3.8, 4) is 17.4 Å². The van der Waals surface area contributed by atoms with Crippen molar-refractivity contribution in [1.29, 1.82) is 5.26 Å². The largest absolute Gasteiger partial charge is 0.464 e. The Morgan fingerprint density at radius 1 is 1.36 bits per heavy atom. The van der Waals surface area contributed by atoms with E-state index < -0.39 is 0 Å². The number of ketones is 1. The van der Waals surface area contributed by atoms with Crippen LogP contribution in [-0.2, 0) is 4.79 Å². The van der Waals surface area contributed by atoms with Crippen LogP contribution in [0.4, 0.5) is 0 Å². The van der Waals surface area contributed by atoms with Crippen LogP contribution in [0.1, 0.15) is 56.2 Å². The zero-order chi connectivity index (χ0) is 17.4. The fourth-order valence-electron chi connectivity index (χ4n) is 3.36. The Balaban J connectivity index is 1.75. The second-order valence-corrected chi connectivity index (χ2v) is 8.28. The third-order valence-electron chi connectivity index (χ3n) is 5.01. The van der Waals surface area contributed by atoms with Gasteiger partial charge in [-0.05, 0) is 49.8 Å². The molecule has 2 aliphatic carbocycles. The van der Waals surface area contributed by atoms with Gasteiger partial charge in [-0.2, -0.15) is 5.26 Å². The molecular weight excluding hydrogens is 332 g/mol. The highest BCUT2D eigenvalue weighted by Gasteiger charge is 2.32. The average Bonchev–Trinajstić information content (AvgIpc) is 3.32. The van der Waals surface area contributed by atoms with Gasteiger partial charge in [0.15, 0.2) is 0 Å². The summed E-state index contributed by atoms with van der Waals surface area (Å²) in [6.07, 6.45) is 6.36. The summed E-state index contributed by atoms with van der Waals surface area (Å²) < 4.78 is 5.55. The van der Waals surface area contributed by atoms with Gasteiger partial charge in [-0.25, -0.2) is 4.98 Å². The zero-order valence-electron chi connectivity index (χ0n) is 14.2. The van der Waals surface area contributed by atoms with Crippen LogP contribution in [0, 0.1) is 17.2 Å². The van der Waals surface area contributed by atoms with Gasteiger partial charge < -0.3 is 4.42 Å². The van der Waals surface area contributed by atoms with Gasteiger partial charge in [-0.1, -0.05) is 18.7 Å². The molecule has 0 bridgehead atoms. The van der Waals surface area contributed by atoms with Crippen LogP contribution in [0.25, 0.3) is 11.3 Å². The summed E-state index contributed by atoms with van der Waals surface area (Å²) in [5, 5.41) is 10.4. The molecule has 2 aromatic rings. The molecule has 25 heavy (non-hydrogen) atoms. The van der Waals surface area contributed by atoms with Gasteiger partial charge in [-0.3, -0.25) is 4.79 Å². The quantitative estimate of drug-likeness (QED) is 0.779. The lowest BCUT2D eigenvalue weighted by Gasteiger charge is -2.25. The Labute approximate surface area is 151 Å². The summed E-state index contributed by atoms with van der Waals surface area (Å²) >= 11 is 1.47. The Morgan fingerprint density at radius 3 is 2.88 bits per heavy atom. The van der Waals surface area contributed by atoms with Crippen molar-refractivity contribution >= 4 is 17.5 Å². The van der Waals surface area contributed by atoms with Crippen molar-refractivity contribution < 1.29 is 9.21 Å². The molecule has 0 radical (unpaired) electrons. The van der Waals surface area contributed by atoms with E-state index in [1.165, 1.54) is 11.8 Å². The number of aromatic nitrogens is 1. The Bertz CT molecular complexity index is 834. The van der Waals surface area contributed by atoms with E-state index in [1.807, 2.05) is 18.2 Å². The monoisotopic (exact) mass is 352 g/mol. The number of carbonyl (C=O) groups excluding carboxylic acids is 1. The number of pyridine rings is 1. The first-order valence-electron chi connectivity index (χ1n) is 8.84. The van der Waals surface area contributed by atoms with Gasteiger partial charge in [0.2, 0.25) is 0 Å². The second kappa shape index (κ2) is 6.68. The van der Waals surface area contributed by atoms with Crippen LogP contribution in [0.5, 0.6) is 0 Å². The molecule has 128 valence electrons. The summed E-state index contributed by atoms with van der Waals surface area (Å²) in [5.41, 5.74) is 2.34. The molecule has 2 heterocycles. The smallest absolute Gasteiger partial charge is 0.146 e. The average molecular weight is 352 g/mol. The molecule has 2 aromatic heterocycles. The summed E-state index contributed by atoms with van der Waals surface area (Å²) in [7, 11) is 0.